The van der Waals surface area contributed by atoms with Crippen molar-refractivity contribution in [2.45, 2.75) is 19.4 Å². The molecule has 1 N–H and O–H groups in total. The molecule has 110 valence electrons. The second-order valence-electron chi connectivity index (χ2n) is 4.33. The molecule has 2 aromatic rings. The van der Waals surface area contributed by atoms with Crippen molar-refractivity contribution in [3.63, 3.8) is 0 Å². The predicted octanol–water partition coefficient (Wildman–Crippen LogP) is 0.948. The Kier molecular flexibility index (Phi) is 5.30. The minimum atomic E-state index is -1.19. The number of carbonyl (C=O) groups is 2. The Morgan fingerprint density at radius 2 is 2.05 bits per heavy atom. The summed E-state index contributed by atoms with van der Waals surface area (Å²) in [6.07, 6.45) is -0.125. The van der Waals surface area contributed by atoms with Gasteiger partial charge in [-0.3, -0.25) is 4.79 Å². The van der Waals surface area contributed by atoms with Crippen molar-refractivity contribution in [1.82, 2.24) is 10.3 Å². The predicted molar refractivity (Wildman–Crippen MR) is 77.8 cm³/mol. The molecule has 5 nitrogen and oxygen atoms in total. The fourth-order valence-electron chi connectivity index (χ4n) is 1.69. The number of carboxylic acids is 1. The molecule has 0 saturated carbocycles. The molecule has 1 aromatic carbocycles. The van der Waals surface area contributed by atoms with Gasteiger partial charge in [-0.15, -0.1) is 11.3 Å². The zero-order valence-electron chi connectivity index (χ0n) is 11.0. The smallest absolute Gasteiger partial charge is 0.227 e. The van der Waals surface area contributed by atoms with Gasteiger partial charge in [-0.2, -0.15) is 0 Å². The topological polar surface area (TPSA) is 82.1 Å². The van der Waals surface area contributed by atoms with Crippen molar-refractivity contribution >= 4 is 34.8 Å². The molecule has 0 saturated heterocycles. The number of aromatic nitrogens is 1. The third kappa shape index (κ3) is 4.84. The maximum absolute atomic E-state index is 11.8. The van der Waals surface area contributed by atoms with Gasteiger partial charge < -0.3 is 15.2 Å². The summed E-state index contributed by atoms with van der Waals surface area (Å²) in [5, 5.41) is 16.0. The number of thiazole rings is 1. The lowest BCUT2D eigenvalue weighted by Crippen LogP contribution is -2.25. The summed E-state index contributed by atoms with van der Waals surface area (Å²) in [5.41, 5.74) is 1.25. The summed E-state index contributed by atoms with van der Waals surface area (Å²) in [7, 11) is 0. The Hall–Kier alpha value is -1.92. The molecule has 21 heavy (non-hydrogen) atoms. The minimum Gasteiger partial charge on any atom is -0.550 e. The molecular formula is C14H12ClN2O3S-. The number of halogens is 1. The first-order valence-electron chi connectivity index (χ1n) is 6.18. The fraction of sp³-hybridized carbons (Fsp3) is 0.214. The van der Waals surface area contributed by atoms with Crippen molar-refractivity contribution in [1.29, 1.82) is 0 Å². The lowest BCUT2D eigenvalue weighted by atomic mass is 10.2. The average molecular weight is 324 g/mol. The zero-order valence-corrected chi connectivity index (χ0v) is 12.5. The Morgan fingerprint density at radius 3 is 2.76 bits per heavy atom. The van der Waals surface area contributed by atoms with Crippen molar-refractivity contribution in [2.75, 3.05) is 0 Å². The van der Waals surface area contributed by atoms with Crippen LogP contribution in [0.2, 0.25) is 5.02 Å². The van der Waals surface area contributed by atoms with Gasteiger partial charge in [-0.25, -0.2) is 4.98 Å². The first kappa shape index (κ1) is 15.5. The Morgan fingerprint density at radius 1 is 1.29 bits per heavy atom. The van der Waals surface area contributed by atoms with E-state index in [4.69, 9.17) is 11.6 Å². The highest BCUT2D eigenvalue weighted by Crippen LogP contribution is 2.15. The SMILES string of the molecule is O=C([O-])Cc1csc(CC(=O)NCc2ccccc2Cl)n1. The number of rotatable bonds is 6. The summed E-state index contributed by atoms with van der Waals surface area (Å²) in [6.45, 7) is 0.343. The van der Waals surface area contributed by atoms with Crippen LogP contribution in [-0.4, -0.2) is 16.9 Å². The van der Waals surface area contributed by atoms with E-state index in [-0.39, 0.29) is 18.7 Å². The lowest BCUT2D eigenvalue weighted by molar-refractivity contribution is -0.304. The van der Waals surface area contributed by atoms with Gasteiger partial charge in [-0.1, -0.05) is 29.8 Å². The minimum absolute atomic E-state index is 0.113. The molecule has 1 heterocycles. The first-order chi connectivity index (χ1) is 10.0. The molecule has 0 aliphatic carbocycles. The van der Waals surface area contributed by atoms with Gasteiger partial charge in [0, 0.05) is 29.3 Å². The highest BCUT2D eigenvalue weighted by atomic mass is 35.5. The molecule has 0 bridgehead atoms. The van der Waals surface area contributed by atoms with Crippen LogP contribution in [0, 0.1) is 0 Å². The number of hydrogen-bond donors (Lipinski definition) is 1. The molecule has 0 aliphatic rings. The molecule has 0 radical (unpaired) electrons. The van der Waals surface area contributed by atoms with Gasteiger partial charge in [0.2, 0.25) is 5.91 Å². The Labute approximate surface area is 130 Å². The molecule has 7 heteroatoms. The number of carboxylic acid groups (broad SMARTS) is 1. The Bertz CT molecular complexity index is 657. The van der Waals surface area contributed by atoms with Crippen LogP contribution in [-0.2, 0) is 29.0 Å². The van der Waals surface area contributed by atoms with E-state index in [1.165, 1.54) is 11.3 Å². The van der Waals surface area contributed by atoms with Crippen LogP contribution < -0.4 is 10.4 Å². The third-order valence-corrected chi connectivity index (χ3v) is 3.94. The summed E-state index contributed by atoms with van der Waals surface area (Å²) < 4.78 is 0. The van der Waals surface area contributed by atoms with Crippen LogP contribution in [0.3, 0.4) is 0 Å². The van der Waals surface area contributed by atoms with Crippen LogP contribution in [0.25, 0.3) is 0 Å². The van der Waals surface area contributed by atoms with Gasteiger partial charge in [0.25, 0.3) is 0 Å². The van der Waals surface area contributed by atoms with Crippen LogP contribution in [0.15, 0.2) is 29.6 Å². The van der Waals surface area contributed by atoms with E-state index in [1.807, 2.05) is 18.2 Å². The number of amides is 1. The number of nitrogens with one attached hydrogen (secondary N) is 1. The van der Waals surface area contributed by atoms with E-state index in [1.54, 1.807) is 11.4 Å². The van der Waals surface area contributed by atoms with Gasteiger partial charge in [0.05, 0.1) is 12.1 Å². The fourth-order valence-corrected chi connectivity index (χ4v) is 2.69. The normalized spacial score (nSPS) is 10.3. The number of aliphatic carboxylic acids is 1. The molecule has 1 aromatic heterocycles. The lowest BCUT2D eigenvalue weighted by Gasteiger charge is -2.05. The number of benzene rings is 1. The van der Waals surface area contributed by atoms with E-state index < -0.39 is 5.97 Å². The highest BCUT2D eigenvalue weighted by molar-refractivity contribution is 7.09. The third-order valence-electron chi connectivity index (χ3n) is 2.67. The van der Waals surface area contributed by atoms with Crippen LogP contribution in [0.1, 0.15) is 16.3 Å². The maximum Gasteiger partial charge on any atom is 0.227 e. The van der Waals surface area contributed by atoms with Crippen molar-refractivity contribution in [3.8, 4) is 0 Å². The molecule has 0 spiro atoms. The summed E-state index contributed by atoms with van der Waals surface area (Å²) >= 11 is 7.25. The monoisotopic (exact) mass is 323 g/mol. The van der Waals surface area contributed by atoms with Crippen molar-refractivity contribution in [2.24, 2.45) is 0 Å². The number of carbonyl (C=O) groups excluding carboxylic acids is 2. The quantitative estimate of drug-likeness (QED) is 0.858. The molecule has 0 atom stereocenters. The van der Waals surface area contributed by atoms with Gasteiger partial charge in [0.1, 0.15) is 5.01 Å². The molecular weight excluding hydrogens is 312 g/mol. The van der Waals surface area contributed by atoms with Crippen molar-refractivity contribution in [3.05, 3.63) is 50.9 Å². The standard InChI is InChI=1S/C14H13ClN2O3S/c15-11-4-2-1-3-9(11)7-16-12(18)6-13-17-10(8-21-13)5-14(19)20/h1-4,8H,5-7H2,(H,16,18)(H,19,20)/p-1. The second-order valence-corrected chi connectivity index (χ2v) is 5.68. The van der Waals surface area contributed by atoms with Crippen molar-refractivity contribution < 1.29 is 14.7 Å². The summed E-state index contributed by atoms with van der Waals surface area (Å²) in [6, 6.07) is 7.27. The number of hydrogen-bond acceptors (Lipinski definition) is 5. The van der Waals surface area contributed by atoms with Crippen LogP contribution >= 0.6 is 22.9 Å². The largest absolute Gasteiger partial charge is 0.550 e. The van der Waals surface area contributed by atoms with E-state index in [0.717, 1.165) is 5.56 Å². The molecule has 0 unspecified atom stereocenters. The van der Waals surface area contributed by atoms with E-state index >= 15 is 0 Å². The molecule has 1 amide bonds. The summed E-state index contributed by atoms with van der Waals surface area (Å²) in [4.78, 5) is 26.3. The van der Waals surface area contributed by atoms with Gasteiger partial charge >= 0.3 is 0 Å². The molecule has 0 fully saturated rings. The second kappa shape index (κ2) is 7.19. The van der Waals surface area contributed by atoms with E-state index in [9.17, 15) is 14.7 Å². The van der Waals surface area contributed by atoms with Crippen LogP contribution in [0.4, 0.5) is 0 Å². The zero-order chi connectivity index (χ0) is 15.2. The van der Waals surface area contributed by atoms with Gasteiger partial charge in [0.15, 0.2) is 0 Å². The average Bonchev–Trinajstić information content (AvgIpc) is 2.84. The highest BCUT2D eigenvalue weighted by Gasteiger charge is 2.09. The van der Waals surface area contributed by atoms with Gasteiger partial charge in [-0.05, 0) is 11.6 Å². The summed E-state index contributed by atoms with van der Waals surface area (Å²) in [5.74, 6) is -1.38. The Balaban J connectivity index is 1.86. The van der Waals surface area contributed by atoms with E-state index in [2.05, 4.69) is 10.3 Å². The first-order valence-corrected chi connectivity index (χ1v) is 7.43. The van der Waals surface area contributed by atoms with E-state index in [0.29, 0.717) is 22.3 Å². The molecule has 0 aliphatic heterocycles. The van der Waals surface area contributed by atoms with Crippen LogP contribution in [0.5, 0.6) is 0 Å². The molecule has 2 rings (SSSR count). The number of nitrogens with zero attached hydrogens (tertiary/aromatic N) is 1. The maximum atomic E-state index is 11.8.